The Morgan fingerprint density at radius 2 is 2.12 bits per heavy atom. The Labute approximate surface area is 96.9 Å². The first-order valence-electron chi connectivity index (χ1n) is 5.13. The van der Waals surface area contributed by atoms with E-state index in [-0.39, 0.29) is 5.95 Å². The van der Waals surface area contributed by atoms with Crippen LogP contribution in [0.4, 0.5) is 5.95 Å². The van der Waals surface area contributed by atoms with Crippen LogP contribution in [0.1, 0.15) is 5.56 Å². The fourth-order valence-electron chi connectivity index (χ4n) is 1.77. The highest BCUT2D eigenvalue weighted by atomic mass is 15.2. The maximum atomic E-state index is 5.68. The van der Waals surface area contributed by atoms with Crippen LogP contribution in [0.2, 0.25) is 0 Å². The highest BCUT2D eigenvalue weighted by molar-refractivity contribution is 5.91. The molecule has 3 aromatic rings. The number of nitrogens with one attached hydrogen (secondary N) is 1. The van der Waals surface area contributed by atoms with Crippen molar-refractivity contribution in [3.8, 4) is 11.3 Å². The van der Waals surface area contributed by atoms with Gasteiger partial charge in [0.2, 0.25) is 5.95 Å². The smallest absolute Gasteiger partial charge is 0.222 e. The standard InChI is InChI=1S/C11H10N6/c1-6-2-3-13-4-7(6)9-8-5-14-17-10(8)16-11(12)15-9/h2-5H,1H3,(H3,12,14,15,16,17). The van der Waals surface area contributed by atoms with Gasteiger partial charge in [0, 0.05) is 18.0 Å². The number of aryl methyl sites for hydroxylation is 1. The number of nitrogens with zero attached hydrogens (tertiary/aromatic N) is 4. The van der Waals surface area contributed by atoms with Gasteiger partial charge in [-0.1, -0.05) is 0 Å². The van der Waals surface area contributed by atoms with Crippen LogP contribution >= 0.6 is 0 Å². The van der Waals surface area contributed by atoms with Gasteiger partial charge in [0.15, 0.2) is 5.65 Å². The highest BCUT2D eigenvalue weighted by Gasteiger charge is 2.11. The van der Waals surface area contributed by atoms with E-state index in [0.717, 1.165) is 22.2 Å². The van der Waals surface area contributed by atoms with Crippen LogP contribution in [0, 0.1) is 6.92 Å². The third kappa shape index (κ3) is 1.50. The summed E-state index contributed by atoms with van der Waals surface area (Å²) in [7, 11) is 0. The maximum absolute atomic E-state index is 5.68. The molecule has 0 unspecified atom stereocenters. The summed E-state index contributed by atoms with van der Waals surface area (Å²) in [5, 5.41) is 7.59. The van der Waals surface area contributed by atoms with E-state index in [1.165, 1.54) is 0 Å². The van der Waals surface area contributed by atoms with Crippen molar-refractivity contribution in [2.75, 3.05) is 5.73 Å². The van der Waals surface area contributed by atoms with E-state index in [4.69, 9.17) is 5.73 Å². The number of aromatic nitrogens is 5. The Kier molecular flexibility index (Phi) is 2.01. The fraction of sp³-hybridized carbons (Fsp3) is 0.0909. The van der Waals surface area contributed by atoms with Crippen LogP contribution in [0.5, 0.6) is 0 Å². The third-order valence-electron chi connectivity index (χ3n) is 2.62. The van der Waals surface area contributed by atoms with E-state index in [0.29, 0.717) is 5.65 Å². The molecule has 0 saturated heterocycles. The summed E-state index contributed by atoms with van der Waals surface area (Å²) < 4.78 is 0. The molecule has 0 saturated carbocycles. The molecule has 0 bridgehead atoms. The zero-order chi connectivity index (χ0) is 11.8. The molecule has 3 aromatic heterocycles. The van der Waals surface area contributed by atoms with Crippen molar-refractivity contribution < 1.29 is 0 Å². The van der Waals surface area contributed by atoms with Crippen molar-refractivity contribution in [1.29, 1.82) is 0 Å². The van der Waals surface area contributed by atoms with Crippen molar-refractivity contribution in [3.63, 3.8) is 0 Å². The van der Waals surface area contributed by atoms with Crippen LogP contribution in [0.15, 0.2) is 24.7 Å². The van der Waals surface area contributed by atoms with Crippen LogP contribution in [0.25, 0.3) is 22.3 Å². The number of H-pyrrole nitrogens is 1. The first-order chi connectivity index (χ1) is 8.25. The highest BCUT2D eigenvalue weighted by Crippen LogP contribution is 2.27. The molecule has 0 aliphatic carbocycles. The lowest BCUT2D eigenvalue weighted by Gasteiger charge is -2.05. The Hall–Kier alpha value is -2.50. The molecular weight excluding hydrogens is 216 g/mol. The van der Waals surface area contributed by atoms with Gasteiger partial charge in [0.05, 0.1) is 17.3 Å². The number of anilines is 1. The molecule has 3 rings (SSSR count). The molecule has 17 heavy (non-hydrogen) atoms. The lowest BCUT2D eigenvalue weighted by Crippen LogP contribution is -1.98. The average molecular weight is 226 g/mol. The third-order valence-corrected chi connectivity index (χ3v) is 2.62. The van der Waals surface area contributed by atoms with Gasteiger partial charge < -0.3 is 5.73 Å². The number of hydrogen-bond acceptors (Lipinski definition) is 5. The van der Waals surface area contributed by atoms with Gasteiger partial charge in [-0.2, -0.15) is 10.1 Å². The maximum Gasteiger partial charge on any atom is 0.222 e. The molecule has 0 fully saturated rings. The Balaban J connectivity index is 2.37. The summed E-state index contributed by atoms with van der Waals surface area (Å²) in [6.07, 6.45) is 5.20. The summed E-state index contributed by atoms with van der Waals surface area (Å²) in [5.41, 5.74) is 9.09. The number of aromatic amines is 1. The van der Waals surface area contributed by atoms with Gasteiger partial charge in [-0.05, 0) is 18.6 Å². The van der Waals surface area contributed by atoms with Gasteiger partial charge in [-0.15, -0.1) is 0 Å². The molecule has 3 N–H and O–H groups in total. The van der Waals surface area contributed by atoms with Gasteiger partial charge in [-0.3, -0.25) is 10.1 Å². The minimum atomic E-state index is 0.222. The second-order valence-electron chi connectivity index (χ2n) is 3.75. The predicted octanol–water partition coefficient (Wildman–Crippen LogP) is 1.31. The zero-order valence-electron chi connectivity index (χ0n) is 9.18. The second-order valence-corrected chi connectivity index (χ2v) is 3.75. The normalized spacial score (nSPS) is 10.9. The van der Waals surface area contributed by atoms with Crippen molar-refractivity contribution >= 4 is 17.0 Å². The lowest BCUT2D eigenvalue weighted by molar-refractivity contribution is 1.09. The molecule has 0 aliphatic rings. The number of hydrogen-bond donors (Lipinski definition) is 2. The van der Waals surface area contributed by atoms with E-state index in [9.17, 15) is 0 Å². The summed E-state index contributed by atoms with van der Waals surface area (Å²) in [4.78, 5) is 12.5. The van der Waals surface area contributed by atoms with Gasteiger partial charge in [0.25, 0.3) is 0 Å². The van der Waals surface area contributed by atoms with E-state index >= 15 is 0 Å². The lowest BCUT2D eigenvalue weighted by atomic mass is 10.1. The number of rotatable bonds is 1. The number of nitrogen functional groups attached to an aromatic ring is 1. The van der Waals surface area contributed by atoms with E-state index in [1.54, 1.807) is 18.6 Å². The Bertz CT molecular complexity index is 687. The van der Waals surface area contributed by atoms with Crippen molar-refractivity contribution in [3.05, 3.63) is 30.2 Å². The molecule has 0 radical (unpaired) electrons. The molecule has 0 amide bonds. The van der Waals surface area contributed by atoms with Crippen molar-refractivity contribution in [2.45, 2.75) is 6.92 Å². The molecular formula is C11H10N6. The zero-order valence-corrected chi connectivity index (χ0v) is 9.18. The molecule has 0 atom stereocenters. The summed E-state index contributed by atoms with van der Waals surface area (Å²) in [6.45, 7) is 2.00. The molecule has 0 aromatic carbocycles. The molecule has 6 heteroatoms. The Morgan fingerprint density at radius 1 is 1.24 bits per heavy atom. The predicted molar refractivity (Wildman–Crippen MR) is 64.1 cm³/mol. The van der Waals surface area contributed by atoms with Crippen molar-refractivity contribution in [2.24, 2.45) is 0 Å². The minimum absolute atomic E-state index is 0.222. The molecule has 6 nitrogen and oxygen atoms in total. The van der Waals surface area contributed by atoms with Crippen molar-refractivity contribution in [1.82, 2.24) is 25.1 Å². The molecule has 3 heterocycles. The second kappa shape index (κ2) is 3.51. The summed E-state index contributed by atoms with van der Waals surface area (Å²) >= 11 is 0. The van der Waals surface area contributed by atoms with Gasteiger partial charge >= 0.3 is 0 Å². The van der Waals surface area contributed by atoms with Crippen LogP contribution < -0.4 is 5.73 Å². The van der Waals surface area contributed by atoms with E-state index in [1.807, 2.05) is 13.0 Å². The van der Waals surface area contributed by atoms with Gasteiger partial charge in [-0.25, -0.2) is 4.98 Å². The number of fused-ring (bicyclic) bond motifs is 1. The first kappa shape index (κ1) is 9.71. The number of nitrogens with two attached hydrogens (primary N) is 1. The summed E-state index contributed by atoms with van der Waals surface area (Å²) in [5.74, 6) is 0.222. The SMILES string of the molecule is Cc1ccncc1-c1nc(N)nc2[nH]ncc12. The van der Waals surface area contributed by atoms with Crippen LogP contribution in [-0.4, -0.2) is 25.1 Å². The number of pyridine rings is 1. The quantitative estimate of drug-likeness (QED) is 0.652. The Morgan fingerprint density at radius 3 is 2.94 bits per heavy atom. The monoisotopic (exact) mass is 226 g/mol. The fourth-order valence-corrected chi connectivity index (χ4v) is 1.77. The minimum Gasteiger partial charge on any atom is -0.368 e. The molecule has 0 spiro atoms. The molecule has 0 aliphatic heterocycles. The van der Waals surface area contributed by atoms with E-state index < -0.39 is 0 Å². The van der Waals surface area contributed by atoms with Crippen LogP contribution in [0.3, 0.4) is 0 Å². The summed E-state index contributed by atoms with van der Waals surface area (Å²) in [6, 6.07) is 1.93. The van der Waals surface area contributed by atoms with Crippen LogP contribution in [-0.2, 0) is 0 Å². The van der Waals surface area contributed by atoms with E-state index in [2.05, 4.69) is 25.1 Å². The van der Waals surface area contributed by atoms with Gasteiger partial charge in [0.1, 0.15) is 0 Å². The largest absolute Gasteiger partial charge is 0.368 e. The molecule has 84 valence electrons. The average Bonchev–Trinajstić information content (AvgIpc) is 2.76. The first-order valence-corrected chi connectivity index (χ1v) is 5.13. The topological polar surface area (TPSA) is 93.4 Å².